The van der Waals surface area contributed by atoms with Gasteiger partial charge in [-0.25, -0.2) is 8.42 Å². The Labute approximate surface area is 177 Å². The van der Waals surface area contributed by atoms with Gasteiger partial charge in [0.1, 0.15) is 10.6 Å². The average molecular weight is 426 g/mol. The maximum atomic E-state index is 12.2. The van der Waals surface area contributed by atoms with Gasteiger partial charge in [0.05, 0.1) is 25.0 Å². The third-order valence-electron chi connectivity index (χ3n) is 5.77. The molecule has 1 aliphatic heterocycles. The van der Waals surface area contributed by atoms with Crippen LogP contribution in [0.25, 0.3) is 11.1 Å². The second-order valence-corrected chi connectivity index (χ2v) is 9.74. The number of ether oxygens (including phenoxy) is 1. The number of nitrogens with zero attached hydrogens (tertiary/aromatic N) is 2. The zero-order chi connectivity index (χ0) is 21.1. The SMILES string of the molecule is COc1ccccc1-c1ccccc1CN1CCCC[C@@H]1c1[nH]ncc1S(C)(=O)=O. The molecular weight excluding hydrogens is 398 g/mol. The number of sulfone groups is 1. The van der Waals surface area contributed by atoms with Crippen molar-refractivity contribution in [1.82, 2.24) is 15.1 Å². The predicted octanol–water partition coefficient (Wildman–Crippen LogP) is 4.22. The maximum absolute atomic E-state index is 12.2. The Morgan fingerprint density at radius 1 is 1.10 bits per heavy atom. The predicted molar refractivity (Wildman–Crippen MR) is 117 cm³/mol. The first kappa shape index (κ1) is 20.6. The van der Waals surface area contributed by atoms with Gasteiger partial charge >= 0.3 is 0 Å². The number of nitrogens with one attached hydrogen (secondary N) is 1. The van der Waals surface area contributed by atoms with Gasteiger partial charge in [-0.3, -0.25) is 10.00 Å². The first-order chi connectivity index (χ1) is 14.5. The summed E-state index contributed by atoms with van der Waals surface area (Å²) in [4.78, 5) is 2.66. The third-order valence-corrected chi connectivity index (χ3v) is 6.89. The summed E-state index contributed by atoms with van der Waals surface area (Å²) in [6, 6.07) is 16.4. The van der Waals surface area contributed by atoms with Crippen molar-refractivity contribution in [2.75, 3.05) is 19.9 Å². The smallest absolute Gasteiger partial charge is 0.178 e. The molecule has 1 N–H and O–H groups in total. The van der Waals surface area contributed by atoms with Gasteiger partial charge < -0.3 is 4.74 Å². The van der Waals surface area contributed by atoms with Gasteiger partial charge in [0.25, 0.3) is 0 Å². The lowest BCUT2D eigenvalue weighted by Gasteiger charge is -2.36. The van der Waals surface area contributed by atoms with Crippen LogP contribution in [0, 0.1) is 0 Å². The Morgan fingerprint density at radius 2 is 1.83 bits per heavy atom. The minimum Gasteiger partial charge on any atom is -0.496 e. The lowest BCUT2D eigenvalue weighted by Crippen LogP contribution is -2.34. The van der Waals surface area contributed by atoms with E-state index < -0.39 is 9.84 Å². The van der Waals surface area contributed by atoms with Gasteiger partial charge in [0.15, 0.2) is 9.84 Å². The van der Waals surface area contributed by atoms with Crippen molar-refractivity contribution in [2.45, 2.75) is 36.7 Å². The minimum atomic E-state index is -3.33. The largest absolute Gasteiger partial charge is 0.496 e. The van der Waals surface area contributed by atoms with Gasteiger partial charge in [0, 0.05) is 18.4 Å². The molecule has 0 unspecified atom stereocenters. The third kappa shape index (κ3) is 4.13. The number of likely N-dealkylation sites (tertiary alicyclic amines) is 1. The van der Waals surface area contributed by atoms with Gasteiger partial charge in [-0.2, -0.15) is 5.10 Å². The van der Waals surface area contributed by atoms with Gasteiger partial charge in [-0.1, -0.05) is 48.9 Å². The Balaban J connectivity index is 1.70. The number of hydrogen-bond donors (Lipinski definition) is 1. The lowest BCUT2D eigenvalue weighted by molar-refractivity contribution is 0.135. The number of piperidine rings is 1. The van der Waals surface area contributed by atoms with E-state index in [4.69, 9.17) is 4.74 Å². The average Bonchev–Trinajstić information content (AvgIpc) is 3.25. The van der Waals surface area contributed by atoms with Crippen LogP contribution >= 0.6 is 0 Å². The van der Waals surface area contributed by atoms with Gasteiger partial charge in [-0.05, 0) is 36.6 Å². The highest BCUT2D eigenvalue weighted by molar-refractivity contribution is 7.90. The Morgan fingerprint density at radius 3 is 2.60 bits per heavy atom. The van der Waals surface area contributed by atoms with Gasteiger partial charge in [-0.15, -0.1) is 0 Å². The van der Waals surface area contributed by atoms with E-state index in [1.165, 1.54) is 18.0 Å². The van der Waals surface area contributed by atoms with Crippen molar-refractivity contribution < 1.29 is 13.2 Å². The van der Waals surface area contributed by atoms with Crippen LogP contribution < -0.4 is 4.74 Å². The first-order valence-electron chi connectivity index (χ1n) is 10.2. The Bertz CT molecular complexity index is 1120. The number of aromatic nitrogens is 2. The molecule has 158 valence electrons. The molecule has 6 nitrogen and oxygen atoms in total. The molecule has 3 aromatic rings. The monoisotopic (exact) mass is 425 g/mol. The van der Waals surface area contributed by atoms with Crippen molar-refractivity contribution >= 4 is 9.84 Å². The van der Waals surface area contributed by atoms with Crippen molar-refractivity contribution in [3.8, 4) is 16.9 Å². The van der Waals surface area contributed by atoms with E-state index in [0.29, 0.717) is 10.6 Å². The van der Waals surface area contributed by atoms with Crippen LogP contribution in [0.4, 0.5) is 0 Å². The molecule has 1 atom stereocenters. The molecule has 7 heteroatoms. The summed E-state index contributed by atoms with van der Waals surface area (Å²) in [7, 11) is -1.65. The summed E-state index contributed by atoms with van der Waals surface area (Å²) < 4.78 is 30.1. The van der Waals surface area contributed by atoms with Crippen LogP contribution in [-0.4, -0.2) is 43.4 Å². The quantitative estimate of drug-likeness (QED) is 0.640. The van der Waals surface area contributed by atoms with Crippen LogP contribution in [0.5, 0.6) is 5.75 Å². The fourth-order valence-electron chi connectivity index (χ4n) is 4.33. The molecule has 0 spiro atoms. The summed E-state index contributed by atoms with van der Waals surface area (Å²) in [5.41, 5.74) is 4.08. The summed E-state index contributed by atoms with van der Waals surface area (Å²) in [6.45, 7) is 1.63. The molecule has 2 aromatic carbocycles. The van der Waals surface area contributed by atoms with E-state index in [9.17, 15) is 8.42 Å². The highest BCUT2D eigenvalue weighted by Crippen LogP contribution is 2.37. The topological polar surface area (TPSA) is 75.3 Å². The molecule has 1 aromatic heterocycles. The van der Waals surface area contributed by atoms with Crippen LogP contribution in [-0.2, 0) is 16.4 Å². The number of aromatic amines is 1. The highest BCUT2D eigenvalue weighted by atomic mass is 32.2. The van der Waals surface area contributed by atoms with E-state index in [1.54, 1.807) is 7.11 Å². The number of hydrogen-bond acceptors (Lipinski definition) is 5. The molecule has 0 saturated carbocycles. The van der Waals surface area contributed by atoms with Crippen molar-refractivity contribution in [2.24, 2.45) is 0 Å². The van der Waals surface area contributed by atoms with Crippen LogP contribution in [0.2, 0.25) is 0 Å². The molecule has 1 fully saturated rings. The zero-order valence-corrected chi connectivity index (χ0v) is 18.2. The second kappa shape index (κ2) is 8.62. The van der Waals surface area contributed by atoms with Crippen molar-refractivity contribution in [3.05, 3.63) is 66.0 Å². The number of para-hydroxylation sites is 1. The summed E-state index contributed by atoms with van der Waals surface area (Å²) in [5, 5.41) is 7.02. The standard InChI is InChI=1S/C23H27N3O3S/c1-29-21-13-6-5-11-19(21)18-10-4-3-9-17(18)16-26-14-8-7-12-20(26)23-22(15-24-25-23)30(2,27)28/h3-6,9-11,13,15,20H,7-8,12,14,16H2,1-2H3,(H,24,25)/t20-/m1/s1. The summed E-state index contributed by atoms with van der Waals surface area (Å²) >= 11 is 0. The van der Waals surface area contributed by atoms with E-state index in [2.05, 4.69) is 33.3 Å². The van der Waals surface area contributed by atoms with Crippen molar-refractivity contribution in [1.29, 1.82) is 0 Å². The molecule has 4 rings (SSSR count). The summed E-state index contributed by atoms with van der Waals surface area (Å²) in [6.07, 6.45) is 5.74. The molecule has 0 radical (unpaired) electrons. The summed E-state index contributed by atoms with van der Waals surface area (Å²) in [5.74, 6) is 0.841. The van der Waals surface area contributed by atoms with Crippen LogP contribution in [0.1, 0.15) is 36.6 Å². The molecule has 2 heterocycles. The van der Waals surface area contributed by atoms with E-state index in [1.807, 2.05) is 30.3 Å². The molecule has 1 saturated heterocycles. The minimum absolute atomic E-state index is 0.00306. The van der Waals surface area contributed by atoms with Gasteiger partial charge in [0.2, 0.25) is 0 Å². The van der Waals surface area contributed by atoms with Crippen LogP contribution in [0.15, 0.2) is 59.6 Å². The molecule has 0 aliphatic carbocycles. The number of H-pyrrole nitrogens is 1. The lowest BCUT2D eigenvalue weighted by atomic mass is 9.95. The molecular formula is C23H27N3O3S. The molecule has 0 amide bonds. The molecule has 1 aliphatic rings. The normalized spacial score (nSPS) is 17.7. The Hall–Kier alpha value is -2.64. The zero-order valence-electron chi connectivity index (χ0n) is 17.3. The second-order valence-electron chi connectivity index (χ2n) is 7.76. The van der Waals surface area contributed by atoms with E-state index >= 15 is 0 Å². The molecule has 0 bridgehead atoms. The fourth-order valence-corrected chi connectivity index (χ4v) is 5.16. The first-order valence-corrected chi connectivity index (χ1v) is 12.1. The number of benzene rings is 2. The van der Waals surface area contributed by atoms with Crippen LogP contribution in [0.3, 0.4) is 0 Å². The molecule has 30 heavy (non-hydrogen) atoms. The maximum Gasteiger partial charge on any atom is 0.178 e. The fraction of sp³-hybridized carbons (Fsp3) is 0.348. The highest BCUT2D eigenvalue weighted by Gasteiger charge is 2.30. The van der Waals surface area contributed by atoms with E-state index in [0.717, 1.165) is 49.2 Å². The van der Waals surface area contributed by atoms with Crippen molar-refractivity contribution in [3.63, 3.8) is 0 Å². The Kier molecular flexibility index (Phi) is 5.92. The number of rotatable bonds is 6. The number of methoxy groups -OCH3 is 1. The van der Waals surface area contributed by atoms with E-state index in [-0.39, 0.29) is 6.04 Å².